The molecule has 0 spiro atoms. The number of esters is 1. The van der Waals surface area contributed by atoms with Crippen LogP contribution < -0.4 is 4.72 Å². The summed E-state index contributed by atoms with van der Waals surface area (Å²) < 4.78 is 31.5. The maximum absolute atomic E-state index is 12.3. The number of hydrogen-bond acceptors (Lipinski definition) is 8. The standard InChI is InChI=1S/C13H13N3O6S2/c1-3-10-11(12(17)22-2)23-13(14-10)15-24(20,21)9-6-4-5-8(7-9)16(18)19/h4-7H,3H2,1-2H3,(H,14,15). The fourth-order valence-electron chi connectivity index (χ4n) is 1.83. The average Bonchev–Trinajstić information content (AvgIpc) is 2.96. The molecule has 2 aromatic rings. The molecule has 2 rings (SSSR count). The van der Waals surface area contributed by atoms with Gasteiger partial charge in [0.05, 0.1) is 22.6 Å². The number of thiazole rings is 1. The lowest BCUT2D eigenvalue weighted by molar-refractivity contribution is -0.385. The number of nitrogens with one attached hydrogen (secondary N) is 1. The number of methoxy groups -OCH3 is 1. The van der Waals surface area contributed by atoms with E-state index in [0.29, 0.717) is 12.1 Å². The monoisotopic (exact) mass is 371 g/mol. The Hall–Kier alpha value is -2.53. The van der Waals surface area contributed by atoms with Gasteiger partial charge in [0, 0.05) is 12.1 Å². The Labute approximate surface area is 141 Å². The molecule has 0 fully saturated rings. The number of rotatable bonds is 6. The Morgan fingerprint density at radius 2 is 2.17 bits per heavy atom. The second-order valence-electron chi connectivity index (χ2n) is 4.50. The number of benzene rings is 1. The summed E-state index contributed by atoms with van der Waals surface area (Å²) >= 11 is 0.839. The fourth-order valence-corrected chi connectivity index (χ4v) is 4.07. The molecule has 0 bridgehead atoms. The fraction of sp³-hybridized carbons (Fsp3) is 0.231. The van der Waals surface area contributed by atoms with Gasteiger partial charge in [0.1, 0.15) is 4.88 Å². The second-order valence-corrected chi connectivity index (χ2v) is 7.18. The van der Waals surface area contributed by atoms with Crippen LogP contribution in [0.15, 0.2) is 29.2 Å². The second kappa shape index (κ2) is 6.93. The van der Waals surface area contributed by atoms with E-state index in [9.17, 15) is 23.3 Å². The van der Waals surface area contributed by atoms with Gasteiger partial charge in [-0.3, -0.25) is 14.8 Å². The lowest BCUT2D eigenvalue weighted by Gasteiger charge is -2.04. The maximum atomic E-state index is 12.3. The van der Waals surface area contributed by atoms with Crippen molar-refractivity contribution in [3.8, 4) is 0 Å². The predicted octanol–water partition coefficient (Wildman–Crippen LogP) is 2.20. The number of hydrogen-bond donors (Lipinski definition) is 1. The van der Waals surface area contributed by atoms with Gasteiger partial charge in [-0.15, -0.1) is 0 Å². The summed E-state index contributed by atoms with van der Waals surface area (Å²) in [5.74, 6) is -0.606. The summed E-state index contributed by atoms with van der Waals surface area (Å²) in [7, 11) is -2.86. The topological polar surface area (TPSA) is 128 Å². The molecule has 0 aliphatic rings. The summed E-state index contributed by atoms with van der Waals surface area (Å²) in [5.41, 5.74) is 0.0603. The van der Waals surface area contributed by atoms with Crippen molar-refractivity contribution in [2.45, 2.75) is 18.2 Å². The molecular weight excluding hydrogens is 358 g/mol. The van der Waals surface area contributed by atoms with Crippen LogP contribution in [0.25, 0.3) is 0 Å². The van der Waals surface area contributed by atoms with E-state index in [2.05, 4.69) is 14.4 Å². The van der Waals surface area contributed by atoms with Crippen molar-refractivity contribution in [3.63, 3.8) is 0 Å². The van der Waals surface area contributed by atoms with Gasteiger partial charge in [0.25, 0.3) is 15.7 Å². The highest BCUT2D eigenvalue weighted by molar-refractivity contribution is 7.93. The van der Waals surface area contributed by atoms with E-state index in [-0.39, 0.29) is 20.6 Å². The van der Waals surface area contributed by atoms with Crippen molar-refractivity contribution in [2.24, 2.45) is 0 Å². The van der Waals surface area contributed by atoms with E-state index < -0.39 is 20.9 Å². The first-order valence-corrected chi connectivity index (χ1v) is 8.93. The SMILES string of the molecule is CCc1nc(NS(=O)(=O)c2cccc([N+](=O)[O-])c2)sc1C(=O)OC. The Morgan fingerprint density at radius 3 is 2.75 bits per heavy atom. The van der Waals surface area contributed by atoms with Crippen molar-refractivity contribution in [3.05, 3.63) is 45.0 Å². The van der Waals surface area contributed by atoms with Crippen LogP contribution in [0.3, 0.4) is 0 Å². The molecule has 1 aromatic carbocycles. The van der Waals surface area contributed by atoms with Gasteiger partial charge < -0.3 is 4.74 Å². The lowest BCUT2D eigenvalue weighted by atomic mass is 10.3. The number of nitro groups is 1. The average molecular weight is 371 g/mol. The smallest absolute Gasteiger partial charge is 0.350 e. The van der Waals surface area contributed by atoms with Crippen molar-refractivity contribution < 1.29 is 22.9 Å². The van der Waals surface area contributed by atoms with Crippen LogP contribution in [0.2, 0.25) is 0 Å². The van der Waals surface area contributed by atoms with Crippen LogP contribution in [0.5, 0.6) is 0 Å². The minimum atomic E-state index is -4.07. The van der Waals surface area contributed by atoms with Crippen LogP contribution in [-0.4, -0.2) is 31.4 Å². The van der Waals surface area contributed by atoms with Gasteiger partial charge >= 0.3 is 5.97 Å². The summed E-state index contributed by atoms with van der Waals surface area (Å²) in [6.07, 6.45) is 0.416. The molecule has 0 aliphatic carbocycles. The summed E-state index contributed by atoms with van der Waals surface area (Å²) in [6, 6.07) is 4.63. The normalized spacial score (nSPS) is 11.1. The van der Waals surface area contributed by atoms with Crippen LogP contribution in [0.1, 0.15) is 22.3 Å². The van der Waals surface area contributed by atoms with E-state index >= 15 is 0 Å². The zero-order valence-electron chi connectivity index (χ0n) is 12.7. The minimum Gasteiger partial charge on any atom is -0.465 e. The number of ether oxygens (including phenoxy) is 1. The van der Waals surface area contributed by atoms with Gasteiger partial charge in [-0.2, -0.15) is 0 Å². The zero-order chi connectivity index (χ0) is 17.9. The molecule has 0 saturated carbocycles. The molecule has 9 nitrogen and oxygen atoms in total. The van der Waals surface area contributed by atoms with Crippen LogP contribution in [0, 0.1) is 10.1 Å². The lowest BCUT2D eigenvalue weighted by Crippen LogP contribution is -2.13. The van der Waals surface area contributed by atoms with Gasteiger partial charge in [-0.1, -0.05) is 24.3 Å². The molecule has 0 unspecified atom stereocenters. The molecule has 1 heterocycles. The summed E-state index contributed by atoms with van der Waals surface area (Å²) in [6.45, 7) is 1.76. The quantitative estimate of drug-likeness (QED) is 0.468. The molecule has 0 radical (unpaired) electrons. The molecule has 128 valence electrons. The molecule has 1 aromatic heterocycles. The number of nitrogens with zero attached hydrogens (tertiary/aromatic N) is 2. The molecule has 0 saturated heterocycles. The highest BCUT2D eigenvalue weighted by atomic mass is 32.2. The number of aromatic nitrogens is 1. The van der Waals surface area contributed by atoms with E-state index in [1.54, 1.807) is 6.92 Å². The Balaban J connectivity index is 2.36. The zero-order valence-corrected chi connectivity index (χ0v) is 14.3. The van der Waals surface area contributed by atoms with Crippen molar-refractivity contribution >= 4 is 38.1 Å². The van der Waals surface area contributed by atoms with E-state index in [0.717, 1.165) is 17.4 Å². The van der Waals surface area contributed by atoms with E-state index in [1.165, 1.54) is 25.3 Å². The van der Waals surface area contributed by atoms with Crippen LogP contribution in [-0.2, 0) is 21.2 Å². The molecule has 11 heteroatoms. The number of nitro benzene ring substituents is 1. The molecule has 1 N–H and O–H groups in total. The highest BCUT2D eigenvalue weighted by Crippen LogP contribution is 2.27. The number of carbonyl (C=O) groups excluding carboxylic acids is 1. The maximum Gasteiger partial charge on any atom is 0.350 e. The Morgan fingerprint density at radius 1 is 1.46 bits per heavy atom. The van der Waals surface area contributed by atoms with Gasteiger partial charge in [0.2, 0.25) is 0 Å². The number of carbonyl (C=O) groups is 1. The highest BCUT2D eigenvalue weighted by Gasteiger charge is 2.22. The van der Waals surface area contributed by atoms with Gasteiger partial charge in [-0.25, -0.2) is 18.2 Å². The van der Waals surface area contributed by atoms with E-state index in [4.69, 9.17) is 0 Å². The number of sulfonamides is 1. The third-order valence-electron chi connectivity index (χ3n) is 2.96. The van der Waals surface area contributed by atoms with Crippen LogP contribution >= 0.6 is 11.3 Å². The van der Waals surface area contributed by atoms with Gasteiger partial charge in [0.15, 0.2) is 5.13 Å². The minimum absolute atomic E-state index is 0.0150. The first-order valence-electron chi connectivity index (χ1n) is 6.63. The molecule has 24 heavy (non-hydrogen) atoms. The molecular formula is C13H13N3O6S2. The predicted molar refractivity (Wildman–Crippen MR) is 86.7 cm³/mol. The summed E-state index contributed by atoms with van der Waals surface area (Å²) in [5, 5.41) is 10.7. The first-order chi connectivity index (χ1) is 11.3. The largest absolute Gasteiger partial charge is 0.465 e. The van der Waals surface area contributed by atoms with Crippen molar-refractivity contribution in [1.29, 1.82) is 0 Å². The third kappa shape index (κ3) is 3.68. The Bertz CT molecular complexity index is 891. The number of anilines is 1. The van der Waals surface area contributed by atoms with E-state index in [1.807, 2.05) is 0 Å². The first kappa shape index (κ1) is 17.8. The molecule has 0 aliphatic heterocycles. The summed E-state index contributed by atoms with van der Waals surface area (Å²) in [4.78, 5) is 25.7. The van der Waals surface area contributed by atoms with Crippen molar-refractivity contribution in [1.82, 2.24) is 4.98 Å². The molecule has 0 atom stereocenters. The Kier molecular flexibility index (Phi) is 5.14. The number of non-ortho nitro benzene ring substituents is 1. The number of aryl methyl sites for hydroxylation is 1. The van der Waals surface area contributed by atoms with Gasteiger partial charge in [-0.05, 0) is 12.5 Å². The third-order valence-corrected chi connectivity index (χ3v) is 5.42. The molecule has 0 amide bonds. The van der Waals surface area contributed by atoms with Crippen LogP contribution in [0.4, 0.5) is 10.8 Å². The van der Waals surface area contributed by atoms with Crippen molar-refractivity contribution in [2.75, 3.05) is 11.8 Å².